The molecule has 0 amide bonds. The van der Waals surface area contributed by atoms with E-state index in [2.05, 4.69) is 0 Å². The molecule has 0 unspecified atom stereocenters. The largest absolute Gasteiger partial charge is 0.481 e. The first-order valence-electron chi connectivity index (χ1n) is 3.64. The predicted octanol–water partition coefficient (Wildman–Crippen LogP) is 1.14. The number of aliphatic carboxylic acids is 1. The summed E-state index contributed by atoms with van der Waals surface area (Å²) in [4.78, 5) is 21.1. The summed E-state index contributed by atoms with van der Waals surface area (Å²) >= 11 is 0. The number of Topliss-reactive ketones (excluding diaryl/α,β-unsaturated/α-hetero) is 1. The number of rotatable bonds is 3. The molecule has 0 saturated heterocycles. The van der Waals surface area contributed by atoms with Crippen LogP contribution in [0.4, 0.5) is 0 Å². The average Bonchev–Trinajstić information content (AvgIpc) is 2.35. The first-order valence-corrected chi connectivity index (χ1v) is 3.64. The third kappa shape index (κ3) is 2.18. The van der Waals surface area contributed by atoms with Gasteiger partial charge in [-0.15, -0.1) is 0 Å². The smallest absolute Gasteiger partial charge is 0.311 e. The summed E-state index contributed by atoms with van der Waals surface area (Å²) in [5.41, 5.74) is 0.701. The molecule has 0 fully saturated rings. The number of carbonyl (C=O) groups is 2. The highest BCUT2D eigenvalue weighted by molar-refractivity contribution is 6.05. The maximum Gasteiger partial charge on any atom is 0.311 e. The van der Waals surface area contributed by atoms with Crippen molar-refractivity contribution in [3.63, 3.8) is 0 Å². The summed E-state index contributed by atoms with van der Waals surface area (Å²) in [6.07, 6.45) is 4.14. The Hall–Kier alpha value is -1.12. The van der Waals surface area contributed by atoms with Gasteiger partial charge in [0.15, 0.2) is 5.78 Å². The maximum atomic E-state index is 11.0. The fraction of sp³-hybridized carbons (Fsp3) is 0.500. The molecule has 0 aromatic carbocycles. The Morgan fingerprint density at radius 2 is 2.27 bits per heavy atom. The van der Waals surface area contributed by atoms with E-state index in [9.17, 15) is 9.59 Å². The number of ketones is 1. The molecule has 1 aliphatic carbocycles. The van der Waals surface area contributed by atoms with Gasteiger partial charge in [-0.25, -0.2) is 0 Å². The minimum Gasteiger partial charge on any atom is -0.481 e. The Labute approximate surface area is 64.7 Å². The predicted molar refractivity (Wildman–Crippen MR) is 39.2 cm³/mol. The second-order valence-corrected chi connectivity index (χ2v) is 2.62. The highest BCUT2D eigenvalue weighted by atomic mass is 16.4. The molecule has 0 aromatic rings. The van der Waals surface area contributed by atoms with E-state index in [-0.39, 0.29) is 12.2 Å². The van der Waals surface area contributed by atoms with Gasteiger partial charge >= 0.3 is 5.97 Å². The Morgan fingerprint density at radius 1 is 1.55 bits per heavy atom. The molecule has 0 bridgehead atoms. The number of hydrogen-bond donors (Lipinski definition) is 1. The number of carboxylic acid groups (broad SMARTS) is 1. The third-order valence-corrected chi connectivity index (χ3v) is 1.71. The lowest BCUT2D eigenvalue weighted by atomic mass is 10.1. The highest BCUT2D eigenvalue weighted by Gasteiger charge is 2.15. The molecule has 11 heavy (non-hydrogen) atoms. The van der Waals surface area contributed by atoms with Gasteiger partial charge in [0, 0.05) is 0 Å². The lowest BCUT2D eigenvalue weighted by molar-refractivity contribution is -0.139. The zero-order valence-electron chi connectivity index (χ0n) is 6.17. The van der Waals surface area contributed by atoms with Crippen molar-refractivity contribution in [2.45, 2.75) is 25.7 Å². The molecule has 1 rings (SSSR count). The van der Waals surface area contributed by atoms with Crippen molar-refractivity contribution >= 4 is 11.8 Å². The van der Waals surface area contributed by atoms with Gasteiger partial charge in [-0.3, -0.25) is 9.59 Å². The Bertz CT molecular complexity index is 215. The van der Waals surface area contributed by atoms with Gasteiger partial charge in [0.2, 0.25) is 0 Å². The molecular formula is C8H10O3. The average molecular weight is 154 g/mol. The van der Waals surface area contributed by atoms with E-state index in [1.54, 1.807) is 0 Å². The van der Waals surface area contributed by atoms with Crippen LogP contribution < -0.4 is 0 Å². The number of carbonyl (C=O) groups excluding carboxylic acids is 1. The van der Waals surface area contributed by atoms with Crippen LogP contribution in [0.5, 0.6) is 0 Å². The standard InChI is InChI=1S/C8H10O3/c9-7(5-8(10)11)6-3-1-2-4-6/h3H,1-2,4-5H2,(H,10,11). The molecule has 0 saturated carbocycles. The Kier molecular flexibility index (Phi) is 2.41. The molecule has 0 radical (unpaired) electrons. The van der Waals surface area contributed by atoms with E-state index in [0.717, 1.165) is 19.3 Å². The molecule has 60 valence electrons. The van der Waals surface area contributed by atoms with Crippen molar-refractivity contribution in [2.24, 2.45) is 0 Å². The lowest BCUT2D eigenvalue weighted by Gasteiger charge is -1.95. The monoisotopic (exact) mass is 154 g/mol. The molecule has 3 heteroatoms. The van der Waals surface area contributed by atoms with E-state index in [1.807, 2.05) is 6.08 Å². The van der Waals surface area contributed by atoms with Gasteiger partial charge < -0.3 is 5.11 Å². The van der Waals surface area contributed by atoms with Gasteiger partial charge in [0.1, 0.15) is 6.42 Å². The van der Waals surface area contributed by atoms with Crippen molar-refractivity contribution in [1.29, 1.82) is 0 Å². The maximum absolute atomic E-state index is 11.0. The highest BCUT2D eigenvalue weighted by Crippen LogP contribution is 2.19. The summed E-state index contributed by atoms with van der Waals surface area (Å²) in [6.45, 7) is 0. The summed E-state index contributed by atoms with van der Waals surface area (Å²) < 4.78 is 0. The van der Waals surface area contributed by atoms with Crippen LogP contribution in [0.2, 0.25) is 0 Å². The topological polar surface area (TPSA) is 54.4 Å². The van der Waals surface area contributed by atoms with Gasteiger partial charge in [-0.1, -0.05) is 6.08 Å². The first kappa shape index (κ1) is 7.98. The fourth-order valence-electron chi connectivity index (χ4n) is 1.18. The van der Waals surface area contributed by atoms with Crippen molar-refractivity contribution in [3.05, 3.63) is 11.6 Å². The zero-order valence-corrected chi connectivity index (χ0v) is 6.17. The fourth-order valence-corrected chi connectivity index (χ4v) is 1.18. The van der Waals surface area contributed by atoms with E-state index >= 15 is 0 Å². The molecule has 1 N–H and O–H groups in total. The van der Waals surface area contributed by atoms with Crippen molar-refractivity contribution in [1.82, 2.24) is 0 Å². The molecular weight excluding hydrogens is 144 g/mol. The van der Waals surface area contributed by atoms with Crippen LogP contribution in [-0.2, 0) is 9.59 Å². The summed E-state index contributed by atoms with van der Waals surface area (Å²) in [7, 11) is 0. The molecule has 1 aliphatic rings. The molecule has 3 nitrogen and oxygen atoms in total. The Morgan fingerprint density at radius 3 is 2.73 bits per heavy atom. The third-order valence-electron chi connectivity index (χ3n) is 1.71. The Balaban J connectivity index is 2.47. The van der Waals surface area contributed by atoms with Crippen molar-refractivity contribution in [2.75, 3.05) is 0 Å². The summed E-state index contributed by atoms with van der Waals surface area (Å²) in [6, 6.07) is 0. The molecule has 0 spiro atoms. The molecule has 0 aliphatic heterocycles. The van der Waals surface area contributed by atoms with Crippen LogP contribution >= 0.6 is 0 Å². The lowest BCUT2D eigenvalue weighted by Crippen LogP contribution is -2.07. The minimum absolute atomic E-state index is 0.227. The number of carboxylic acids is 1. The van der Waals surface area contributed by atoms with Crippen molar-refractivity contribution in [3.8, 4) is 0 Å². The van der Waals surface area contributed by atoms with Crippen LogP contribution in [0.1, 0.15) is 25.7 Å². The summed E-state index contributed by atoms with van der Waals surface area (Å²) in [5, 5.41) is 8.30. The van der Waals surface area contributed by atoms with Gasteiger partial charge in [0.25, 0.3) is 0 Å². The van der Waals surface area contributed by atoms with E-state index < -0.39 is 5.97 Å². The summed E-state index contributed by atoms with van der Waals surface area (Å²) in [5.74, 6) is -1.27. The van der Waals surface area contributed by atoms with Gasteiger partial charge in [0.05, 0.1) is 0 Å². The van der Waals surface area contributed by atoms with Gasteiger partial charge in [-0.2, -0.15) is 0 Å². The quantitative estimate of drug-likeness (QED) is 0.620. The van der Waals surface area contributed by atoms with Crippen LogP contribution in [-0.4, -0.2) is 16.9 Å². The second-order valence-electron chi connectivity index (χ2n) is 2.62. The normalized spacial score (nSPS) is 16.2. The van der Waals surface area contributed by atoms with E-state index in [0.29, 0.717) is 5.57 Å². The minimum atomic E-state index is -1.04. The first-order chi connectivity index (χ1) is 5.20. The van der Waals surface area contributed by atoms with Crippen LogP contribution in [0.25, 0.3) is 0 Å². The number of allylic oxidation sites excluding steroid dienone is 2. The van der Waals surface area contributed by atoms with Crippen LogP contribution in [0.3, 0.4) is 0 Å². The van der Waals surface area contributed by atoms with Crippen LogP contribution in [0.15, 0.2) is 11.6 Å². The molecule has 0 heterocycles. The van der Waals surface area contributed by atoms with Crippen molar-refractivity contribution < 1.29 is 14.7 Å². The van der Waals surface area contributed by atoms with E-state index in [4.69, 9.17) is 5.11 Å². The number of hydrogen-bond acceptors (Lipinski definition) is 2. The molecule has 0 atom stereocenters. The van der Waals surface area contributed by atoms with Crippen LogP contribution in [0, 0.1) is 0 Å². The SMILES string of the molecule is O=C(O)CC(=O)C1=CCCC1. The van der Waals surface area contributed by atoms with E-state index in [1.165, 1.54) is 0 Å². The zero-order chi connectivity index (χ0) is 8.27. The second kappa shape index (κ2) is 3.32. The molecule has 0 aromatic heterocycles. The van der Waals surface area contributed by atoms with Gasteiger partial charge in [-0.05, 0) is 24.8 Å².